The van der Waals surface area contributed by atoms with Crippen molar-refractivity contribution in [3.8, 4) is 0 Å². The molecule has 0 bridgehead atoms. The summed E-state index contributed by atoms with van der Waals surface area (Å²) in [6.45, 7) is 1.38. The van der Waals surface area contributed by atoms with Crippen molar-refractivity contribution in [2.75, 3.05) is 12.8 Å². The van der Waals surface area contributed by atoms with Gasteiger partial charge in [-0.25, -0.2) is 21.6 Å². The minimum Gasteiger partial charge on any atom is -0.398 e. The normalized spacial score (nSPS) is 12.9. The Morgan fingerprint density at radius 3 is 1.96 bits per heavy atom. The summed E-state index contributed by atoms with van der Waals surface area (Å²) in [4.78, 5) is -1.86. The smallest absolute Gasteiger partial charge is 0.294 e. The Bertz CT molecular complexity index is 1190. The maximum absolute atomic E-state index is 12.8. The maximum atomic E-state index is 12.8. The summed E-state index contributed by atoms with van der Waals surface area (Å²) in [5.74, 6) is 0. The van der Waals surface area contributed by atoms with E-state index in [0.29, 0.717) is 0 Å². The van der Waals surface area contributed by atoms with Gasteiger partial charge < -0.3 is 5.73 Å². The molecule has 0 fully saturated rings. The van der Waals surface area contributed by atoms with Crippen LogP contribution in [0.15, 0.2) is 56.0 Å². The van der Waals surface area contributed by atoms with Gasteiger partial charge >= 0.3 is 0 Å². The summed E-state index contributed by atoms with van der Waals surface area (Å²) in [7, 11) is -11.8. The zero-order chi connectivity index (χ0) is 19.9. The van der Waals surface area contributed by atoms with Crippen LogP contribution in [0.4, 0.5) is 5.69 Å². The predicted molar refractivity (Wildman–Crippen MR) is 93.5 cm³/mol. The number of rotatable bonds is 5. The average molecular weight is 420 g/mol. The Labute approximate surface area is 151 Å². The lowest BCUT2D eigenvalue weighted by atomic mass is 10.2. The number of aryl methyl sites for hydroxylation is 1. The fourth-order valence-corrected chi connectivity index (χ4v) is 5.28. The minimum absolute atomic E-state index is 0.144. The van der Waals surface area contributed by atoms with Gasteiger partial charge in [0.1, 0.15) is 0 Å². The summed E-state index contributed by atoms with van der Waals surface area (Å²) in [6, 6.07) is 6.27. The molecule has 0 atom stereocenters. The molecule has 0 spiro atoms. The lowest BCUT2D eigenvalue weighted by Gasteiger charge is -2.11. The molecule has 0 heterocycles. The van der Waals surface area contributed by atoms with Gasteiger partial charge in [-0.3, -0.25) is 4.55 Å². The maximum Gasteiger partial charge on any atom is 0.294 e. The molecule has 12 heteroatoms. The van der Waals surface area contributed by atoms with Gasteiger partial charge in [0.05, 0.1) is 25.3 Å². The first kappa shape index (κ1) is 20.3. The molecule has 0 unspecified atom stereocenters. The highest BCUT2D eigenvalue weighted by Crippen LogP contribution is 2.30. The van der Waals surface area contributed by atoms with E-state index in [4.69, 9.17) is 5.73 Å². The molecule has 0 amide bonds. The Morgan fingerprint density at radius 2 is 1.42 bits per heavy atom. The van der Waals surface area contributed by atoms with E-state index >= 15 is 0 Å². The molecule has 0 saturated carbocycles. The number of benzene rings is 2. The third-order valence-electron chi connectivity index (χ3n) is 3.60. The van der Waals surface area contributed by atoms with Gasteiger partial charge in [0.15, 0.2) is 0 Å². The minimum atomic E-state index is -4.65. The first-order chi connectivity index (χ1) is 11.8. The second-order valence-electron chi connectivity index (χ2n) is 5.31. The first-order valence-electron chi connectivity index (χ1n) is 6.97. The Hall–Kier alpha value is -1.99. The number of nitrogen functional groups attached to an aromatic ring is 1. The first-order valence-corrected chi connectivity index (χ1v) is 11.4. The standard InChI is InChI=1S/C14H16N2O7S3/c1-9-3-4-10(7-13(9)26(21,22)23)24(17,18)14-8-11(5-6-12(14)15)25(19,20)16-2/h3-8,16H,15H2,1-2H3,(H,21,22,23). The topological polar surface area (TPSA) is 161 Å². The molecule has 9 nitrogen and oxygen atoms in total. The van der Waals surface area contributed by atoms with Crippen LogP contribution >= 0.6 is 0 Å². The molecule has 2 aromatic carbocycles. The van der Waals surface area contributed by atoms with Crippen molar-refractivity contribution in [2.24, 2.45) is 0 Å². The predicted octanol–water partition coefficient (Wildman–Crippen LogP) is 0.565. The highest BCUT2D eigenvalue weighted by Gasteiger charge is 2.26. The van der Waals surface area contributed by atoms with Gasteiger partial charge in [-0.05, 0) is 49.9 Å². The zero-order valence-electron chi connectivity index (χ0n) is 13.7. The monoisotopic (exact) mass is 420 g/mol. The fourth-order valence-electron chi connectivity index (χ4n) is 2.18. The van der Waals surface area contributed by atoms with E-state index in [1.807, 2.05) is 0 Å². The number of sulfonamides is 1. The van der Waals surface area contributed by atoms with Crippen molar-refractivity contribution < 1.29 is 29.8 Å². The SMILES string of the molecule is CNS(=O)(=O)c1ccc(N)c(S(=O)(=O)c2ccc(C)c(S(=O)(=O)O)c2)c1. The van der Waals surface area contributed by atoms with E-state index in [0.717, 1.165) is 37.4 Å². The van der Waals surface area contributed by atoms with Gasteiger partial charge in [0.2, 0.25) is 19.9 Å². The lowest BCUT2D eigenvalue weighted by Crippen LogP contribution is -2.19. The number of hydrogen-bond acceptors (Lipinski definition) is 7. The van der Waals surface area contributed by atoms with E-state index in [1.165, 1.54) is 13.0 Å². The molecule has 4 N–H and O–H groups in total. The summed E-state index contributed by atoms with van der Waals surface area (Å²) in [5, 5.41) is 0. The lowest BCUT2D eigenvalue weighted by molar-refractivity contribution is 0.482. The van der Waals surface area contributed by atoms with Gasteiger partial charge in [0, 0.05) is 0 Å². The van der Waals surface area contributed by atoms with Crippen LogP contribution < -0.4 is 10.5 Å². The van der Waals surface area contributed by atoms with Crippen LogP contribution in [0.2, 0.25) is 0 Å². The summed E-state index contributed by atoms with van der Waals surface area (Å²) >= 11 is 0. The van der Waals surface area contributed by atoms with E-state index in [2.05, 4.69) is 4.72 Å². The van der Waals surface area contributed by atoms with Crippen molar-refractivity contribution in [2.45, 2.75) is 26.5 Å². The van der Waals surface area contributed by atoms with Crippen LogP contribution in [-0.2, 0) is 30.0 Å². The molecule has 2 rings (SSSR count). The Morgan fingerprint density at radius 1 is 0.885 bits per heavy atom. The van der Waals surface area contributed by atoms with Crippen molar-refractivity contribution in [3.05, 3.63) is 42.0 Å². The molecular formula is C14H16N2O7S3. The Balaban J connectivity index is 2.75. The quantitative estimate of drug-likeness (QED) is 0.467. The second kappa shape index (κ2) is 6.63. The van der Waals surface area contributed by atoms with Crippen LogP contribution in [-0.4, -0.2) is 36.9 Å². The third kappa shape index (κ3) is 3.73. The van der Waals surface area contributed by atoms with Gasteiger partial charge in [-0.15, -0.1) is 0 Å². The number of sulfone groups is 1. The van der Waals surface area contributed by atoms with Crippen LogP contribution in [0.5, 0.6) is 0 Å². The highest BCUT2D eigenvalue weighted by molar-refractivity contribution is 7.92. The summed E-state index contributed by atoms with van der Waals surface area (Å²) in [5.41, 5.74) is 5.62. The third-order valence-corrected chi connectivity index (χ3v) is 7.82. The molecule has 0 aliphatic heterocycles. The van der Waals surface area contributed by atoms with Gasteiger partial charge in [-0.2, -0.15) is 8.42 Å². The molecule has 0 saturated heterocycles. The molecule has 2 aromatic rings. The van der Waals surface area contributed by atoms with Gasteiger partial charge in [0.25, 0.3) is 10.1 Å². The second-order valence-corrected chi connectivity index (χ2v) is 10.5. The van der Waals surface area contributed by atoms with Crippen LogP contribution in [0.25, 0.3) is 0 Å². The fraction of sp³-hybridized carbons (Fsp3) is 0.143. The number of anilines is 1. The van der Waals surface area contributed by atoms with Crippen molar-refractivity contribution >= 4 is 35.7 Å². The average Bonchev–Trinajstić information content (AvgIpc) is 2.54. The van der Waals surface area contributed by atoms with E-state index < -0.39 is 44.7 Å². The summed E-state index contributed by atoms with van der Waals surface area (Å²) < 4.78 is 83.6. The van der Waals surface area contributed by atoms with Crippen LogP contribution in [0.3, 0.4) is 0 Å². The molecule has 0 aliphatic carbocycles. The Kier molecular flexibility index (Phi) is 5.18. The van der Waals surface area contributed by atoms with E-state index in [1.54, 1.807) is 0 Å². The number of hydrogen-bond donors (Lipinski definition) is 3. The summed E-state index contributed by atoms with van der Waals surface area (Å²) in [6.07, 6.45) is 0. The number of nitrogens with two attached hydrogens (primary N) is 1. The van der Waals surface area contributed by atoms with Crippen molar-refractivity contribution in [3.63, 3.8) is 0 Å². The van der Waals surface area contributed by atoms with Gasteiger partial charge in [-0.1, -0.05) is 6.07 Å². The van der Waals surface area contributed by atoms with Crippen LogP contribution in [0, 0.1) is 6.92 Å². The van der Waals surface area contributed by atoms with Crippen molar-refractivity contribution in [1.29, 1.82) is 0 Å². The molecular weight excluding hydrogens is 404 g/mol. The molecule has 0 aliphatic rings. The van der Waals surface area contributed by atoms with E-state index in [9.17, 15) is 29.8 Å². The van der Waals surface area contributed by atoms with E-state index in [-0.39, 0.29) is 16.1 Å². The van der Waals surface area contributed by atoms with Crippen LogP contribution in [0.1, 0.15) is 5.56 Å². The molecule has 0 aromatic heterocycles. The largest absolute Gasteiger partial charge is 0.398 e. The number of nitrogens with one attached hydrogen (secondary N) is 1. The molecule has 26 heavy (non-hydrogen) atoms. The zero-order valence-corrected chi connectivity index (χ0v) is 16.1. The molecule has 0 radical (unpaired) electrons. The highest BCUT2D eigenvalue weighted by atomic mass is 32.2. The molecule has 142 valence electrons. The van der Waals surface area contributed by atoms with Crippen molar-refractivity contribution in [1.82, 2.24) is 4.72 Å².